The van der Waals surface area contributed by atoms with Crippen molar-refractivity contribution < 1.29 is 0 Å². The highest BCUT2D eigenvalue weighted by Gasteiger charge is 2.13. The Morgan fingerprint density at radius 2 is 2.17 bits per heavy atom. The van der Waals surface area contributed by atoms with Crippen LogP contribution in [0, 0.1) is 25.2 Å². The van der Waals surface area contributed by atoms with Gasteiger partial charge in [-0.1, -0.05) is 13.0 Å². The van der Waals surface area contributed by atoms with E-state index in [1.165, 1.54) is 0 Å². The number of benzene rings is 1. The van der Waals surface area contributed by atoms with Crippen LogP contribution in [0.15, 0.2) is 23.1 Å². The molecule has 2 aromatic rings. The first-order chi connectivity index (χ1) is 8.67. The van der Waals surface area contributed by atoms with Crippen molar-refractivity contribution in [1.82, 2.24) is 14.8 Å². The van der Waals surface area contributed by atoms with Gasteiger partial charge in [0.15, 0.2) is 0 Å². The van der Waals surface area contributed by atoms with E-state index >= 15 is 0 Å². The lowest BCUT2D eigenvalue weighted by molar-refractivity contribution is 0.825. The third-order valence-corrected chi connectivity index (χ3v) is 3.46. The van der Waals surface area contributed by atoms with E-state index in [2.05, 4.69) is 23.1 Å². The summed E-state index contributed by atoms with van der Waals surface area (Å²) in [7, 11) is 0. The van der Waals surface area contributed by atoms with Gasteiger partial charge in [-0.25, -0.2) is 9.67 Å². The molecule has 1 aromatic heterocycles. The first kappa shape index (κ1) is 12.7. The predicted octanol–water partition coefficient (Wildman–Crippen LogP) is 2.87. The summed E-state index contributed by atoms with van der Waals surface area (Å²) in [5.74, 6) is 2.45. The van der Waals surface area contributed by atoms with E-state index in [9.17, 15) is 5.26 Å². The Labute approximate surface area is 111 Å². The zero-order valence-corrected chi connectivity index (χ0v) is 11.5. The quantitative estimate of drug-likeness (QED) is 0.794. The first-order valence-corrected chi connectivity index (χ1v) is 6.72. The third kappa shape index (κ3) is 2.24. The van der Waals surface area contributed by atoms with E-state index in [4.69, 9.17) is 0 Å². The highest BCUT2D eigenvalue weighted by molar-refractivity contribution is 7.99. The molecule has 0 saturated heterocycles. The Morgan fingerprint density at radius 3 is 2.72 bits per heavy atom. The van der Waals surface area contributed by atoms with Crippen molar-refractivity contribution in [2.45, 2.75) is 25.7 Å². The number of nitriles is 1. The SMILES string of the molecule is CCSc1cccc(-n2nc(C)nc2C)c1C#N. The molecule has 0 aliphatic heterocycles. The molecule has 92 valence electrons. The summed E-state index contributed by atoms with van der Waals surface area (Å²) in [6.45, 7) is 5.81. The zero-order chi connectivity index (χ0) is 13.1. The van der Waals surface area contributed by atoms with Crippen molar-refractivity contribution in [3.8, 4) is 11.8 Å². The molecule has 0 fully saturated rings. The van der Waals surface area contributed by atoms with Crippen LogP contribution in [0.5, 0.6) is 0 Å². The second-order valence-electron chi connectivity index (χ2n) is 3.81. The van der Waals surface area contributed by atoms with Gasteiger partial charge in [-0.05, 0) is 31.7 Å². The Morgan fingerprint density at radius 1 is 1.39 bits per heavy atom. The Bertz CT molecular complexity index is 610. The Hall–Kier alpha value is -1.80. The van der Waals surface area contributed by atoms with Crippen molar-refractivity contribution in [2.24, 2.45) is 0 Å². The van der Waals surface area contributed by atoms with Crippen LogP contribution >= 0.6 is 11.8 Å². The number of aryl methyl sites for hydroxylation is 2. The minimum absolute atomic E-state index is 0.664. The van der Waals surface area contributed by atoms with Gasteiger partial charge in [-0.15, -0.1) is 11.8 Å². The second kappa shape index (κ2) is 5.23. The van der Waals surface area contributed by atoms with Crippen LogP contribution in [-0.4, -0.2) is 20.5 Å². The molecular formula is C13H14N4S. The number of hydrogen-bond donors (Lipinski definition) is 0. The Kier molecular flexibility index (Phi) is 3.68. The van der Waals surface area contributed by atoms with Crippen molar-refractivity contribution in [3.05, 3.63) is 35.4 Å². The van der Waals surface area contributed by atoms with Gasteiger partial charge in [0, 0.05) is 4.90 Å². The summed E-state index contributed by atoms with van der Waals surface area (Å²) in [6.07, 6.45) is 0. The average Bonchev–Trinajstić information content (AvgIpc) is 2.68. The number of hydrogen-bond acceptors (Lipinski definition) is 4. The molecule has 0 saturated carbocycles. The molecule has 0 N–H and O–H groups in total. The standard InChI is InChI=1S/C13H14N4S/c1-4-18-13-7-5-6-12(11(13)8-14)17-10(3)15-9(2)16-17/h5-7H,4H2,1-3H3. The van der Waals surface area contributed by atoms with Crippen molar-refractivity contribution in [2.75, 3.05) is 5.75 Å². The van der Waals surface area contributed by atoms with Crippen molar-refractivity contribution in [1.29, 1.82) is 5.26 Å². The van der Waals surface area contributed by atoms with E-state index in [1.807, 2.05) is 32.0 Å². The van der Waals surface area contributed by atoms with Gasteiger partial charge in [0.1, 0.15) is 17.7 Å². The minimum atomic E-state index is 0.664. The lowest BCUT2D eigenvalue weighted by Crippen LogP contribution is -2.03. The molecule has 0 bridgehead atoms. The lowest BCUT2D eigenvalue weighted by Gasteiger charge is -2.09. The van der Waals surface area contributed by atoms with Gasteiger partial charge in [0.05, 0.1) is 11.3 Å². The smallest absolute Gasteiger partial charge is 0.148 e. The minimum Gasteiger partial charge on any atom is -0.217 e. The topological polar surface area (TPSA) is 54.5 Å². The van der Waals surface area contributed by atoms with Crippen LogP contribution in [-0.2, 0) is 0 Å². The summed E-state index contributed by atoms with van der Waals surface area (Å²) in [5, 5.41) is 13.7. The molecular weight excluding hydrogens is 244 g/mol. The van der Waals surface area contributed by atoms with Crippen LogP contribution in [0.2, 0.25) is 0 Å². The van der Waals surface area contributed by atoms with Gasteiger partial charge in [-0.2, -0.15) is 10.4 Å². The number of thioether (sulfide) groups is 1. The summed E-state index contributed by atoms with van der Waals surface area (Å²) in [5.41, 5.74) is 1.46. The van der Waals surface area contributed by atoms with Gasteiger partial charge >= 0.3 is 0 Å². The second-order valence-corrected chi connectivity index (χ2v) is 5.12. The molecule has 2 rings (SSSR count). The molecule has 4 nitrogen and oxygen atoms in total. The van der Waals surface area contributed by atoms with E-state index < -0.39 is 0 Å². The van der Waals surface area contributed by atoms with Gasteiger partial charge in [-0.3, -0.25) is 0 Å². The van der Waals surface area contributed by atoms with Crippen LogP contribution < -0.4 is 0 Å². The van der Waals surface area contributed by atoms with Crippen LogP contribution in [0.4, 0.5) is 0 Å². The van der Waals surface area contributed by atoms with E-state index in [0.29, 0.717) is 11.4 Å². The van der Waals surface area contributed by atoms with Crippen LogP contribution in [0.25, 0.3) is 5.69 Å². The normalized spacial score (nSPS) is 10.3. The molecule has 1 heterocycles. The van der Waals surface area contributed by atoms with Gasteiger partial charge < -0.3 is 0 Å². The molecule has 0 aliphatic rings. The molecule has 0 amide bonds. The number of nitrogens with zero attached hydrogens (tertiary/aromatic N) is 4. The van der Waals surface area contributed by atoms with E-state index in [-0.39, 0.29) is 0 Å². The van der Waals surface area contributed by atoms with Gasteiger partial charge in [0.2, 0.25) is 0 Å². The maximum absolute atomic E-state index is 9.36. The molecule has 1 aromatic carbocycles. The summed E-state index contributed by atoms with van der Waals surface area (Å²) < 4.78 is 1.73. The number of rotatable bonds is 3. The fourth-order valence-corrected chi connectivity index (χ4v) is 2.61. The average molecular weight is 258 g/mol. The predicted molar refractivity (Wildman–Crippen MR) is 71.9 cm³/mol. The largest absolute Gasteiger partial charge is 0.217 e. The van der Waals surface area contributed by atoms with Gasteiger partial charge in [0.25, 0.3) is 0 Å². The molecule has 5 heteroatoms. The molecule has 0 atom stereocenters. The first-order valence-electron chi connectivity index (χ1n) is 5.74. The molecule has 0 spiro atoms. The highest BCUT2D eigenvalue weighted by Crippen LogP contribution is 2.27. The summed E-state index contributed by atoms with van der Waals surface area (Å²) in [6, 6.07) is 8.09. The van der Waals surface area contributed by atoms with Crippen molar-refractivity contribution >= 4 is 11.8 Å². The van der Waals surface area contributed by atoms with Crippen LogP contribution in [0.1, 0.15) is 24.1 Å². The number of aromatic nitrogens is 3. The van der Waals surface area contributed by atoms with Crippen LogP contribution in [0.3, 0.4) is 0 Å². The highest BCUT2D eigenvalue weighted by atomic mass is 32.2. The maximum Gasteiger partial charge on any atom is 0.148 e. The lowest BCUT2D eigenvalue weighted by atomic mass is 10.2. The fraction of sp³-hybridized carbons (Fsp3) is 0.308. The third-order valence-electron chi connectivity index (χ3n) is 2.52. The van der Waals surface area contributed by atoms with Crippen molar-refractivity contribution in [3.63, 3.8) is 0 Å². The molecule has 18 heavy (non-hydrogen) atoms. The van der Waals surface area contributed by atoms with E-state index in [1.54, 1.807) is 16.4 Å². The fourth-order valence-electron chi connectivity index (χ4n) is 1.83. The Balaban J connectivity index is 2.61. The molecule has 0 unspecified atom stereocenters. The summed E-state index contributed by atoms with van der Waals surface area (Å²) >= 11 is 1.66. The maximum atomic E-state index is 9.36. The molecule has 0 radical (unpaired) electrons. The zero-order valence-electron chi connectivity index (χ0n) is 10.6. The van der Waals surface area contributed by atoms with E-state index in [0.717, 1.165) is 22.2 Å². The molecule has 0 aliphatic carbocycles. The monoisotopic (exact) mass is 258 g/mol. The summed E-state index contributed by atoms with van der Waals surface area (Å²) in [4.78, 5) is 5.26.